The van der Waals surface area contributed by atoms with Crippen LogP contribution in [0.5, 0.6) is 0 Å². The van der Waals surface area contributed by atoms with Gasteiger partial charge in [0.05, 0.1) is 0 Å². The van der Waals surface area contributed by atoms with E-state index in [0.29, 0.717) is 31.5 Å². The number of guanidine groups is 1. The Morgan fingerprint density at radius 1 is 0.703 bits per heavy atom. The fourth-order valence-corrected chi connectivity index (χ4v) is 4.61. The van der Waals surface area contributed by atoms with Gasteiger partial charge in [-0.3, -0.25) is 14.4 Å². The van der Waals surface area contributed by atoms with Gasteiger partial charge in [-0.25, -0.2) is 0 Å². The van der Waals surface area contributed by atoms with Crippen LogP contribution >= 0.6 is 0 Å². The lowest BCUT2D eigenvalue weighted by atomic mass is 9.92. The maximum Gasteiger partial charge on any atom is 0.296 e. The summed E-state index contributed by atoms with van der Waals surface area (Å²) in [6, 6.07) is 21.3. The summed E-state index contributed by atoms with van der Waals surface area (Å²) in [5.74, 6) is -1.47. The van der Waals surface area contributed by atoms with Gasteiger partial charge in [-0.15, -0.1) is 0 Å². The zero-order valence-electron chi connectivity index (χ0n) is 20.0. The third-order valence-electron chi connectivity index (χ3n) is 6.34. The van der Waals surface area contributed by atoms with E-state index in [1.54, 1.807) is 0 Å². The van der Waals surface area contributed by atoms with Crippen molar-refractivity contribution in [2.24, 2.45) is 16.5 Å². The Bertz CT molecular complexity index is 1650. The molecule has 186 valence electrons. The Morgan fingerprint density at radius 2 is 1.30 bits per heavy atom. The van der Waals surface area contributed by atoms with Crippen molar-refractivity contribution in [3.63, 3.8) is 0 Å². The van der Waals surface area contributed by atoms with Gasteiger partial charge in [-0.05, 0) is 63.4 Å². The number of aliphatic imine (C=N–C) groups is 1. The molecular formula is C28H26N6O3. The summed E-state index contributed by atoms with van der Waals surface area (Å²) in [5, 5.41) is 12.4. The largest absolute Gasteiger partial charge is 0.370 e. The van der Waals surface area contributed by atoms with Crippen LogP contribution in [0.1, 0.15) is 44.2 Å². The second-order valence-electron chi connectivity index (χ2n) is 8.82. The van der Waals surface area contributed by atoms with E-state index in [0.717, 1.165) is 26.9 Å². The number of amides is 3. The molecule has 9 heteroatoms. The maximum atomic E-state index is 13.0. The van der Waals surface area contributed by atoms with Crippen LogP contribution < -0.4 is 22.1 Å². The van der Waals surface area contributed by atoms with Crippen LogP contribution in [0.25, 0.3) is 32.3 Å². The van der Waals surface area contributed by atoms with Crippen molar-refractivity contribution in [3.05, 3.63) is 83.7 Å². The number of H-pyrrole nitrogens is 1. The molecule has 7 N–H and O–H groups in total. The number of hydrogen-bond donors (Lipinski definition) is 5. The van der Waals surface area contributed by atoms with E-state index < -0.39 is 5.91 Å². The first kappa shape index (κ1) is 23.8. The number of rotatable bonds is 8. The molecular weight excluding hydrogens is 468 g/mol. The third kappa shape index (κ3) is 4.79. The summed E-state index contributed by atoms with van der Waals surface area (Å²) in [4.78, 5) is 43.2. The zero-order valence-corrected chi connectivity index (χ0v) is 20.0. The van der Waals surface area contributed by atoms with Crippen molar-refractivity contribution in [2.75, 3.05) is 13.1 Å². The second-order valence-corrected chi connectivity index (χ2v) is 8.82. The van der Waals surface area contributed by atoms with Crippen molar-refractivity contribution in [1.29, 1.82) is 0 Å². The van der Waals surface area contributed by atoms with E-state index in [2.05, 4.69) is 50.9 Å². The zero-order chi connectivity index (χ0) is 25.9. The number of aromatic nitrogens is 1. The topological polar surface area (TPSA) is 155 Å². The van der Waals surface area contributed by atoms with Crippen LogP contribution in [0, 0.1) is 0 Å². The number of nitrogens with one attached hydrogen (secondary N) is 3. The van der Waals surface area contributed by atoms with Crippen LogP contribution in [0.15, 0.2) is 71.7 Å². The SMILES string of the molecule is NC(N)=NC(=O)c1ccc(C(=O)NCCCCNC(=O)c2ccc3ccc4cccc5ccc2c3c45)[nH]1. The van der Waals surface area contributed by atoms with Crippen molar-refractivity contribution < 1.29 is 14.4 Å². The molecule has 0 spiro atoms. The smallest absolute Gasteiger partial charge is 0.296 e. The molecule has 0 aliphatic heterocycles. The molecule has 5 aromatic rings. The van der Waals surface area contributed by atoms with Gasteiger partial charge >= 0.3 is 0 Å². The number of nitrogens with two attached hydrogens (primary N) is 2. The van der Waals surface area contributed by atoms with Crippen LogP contribution in [-0.4, -0.2) is 41.8 Å². The monoisotopic (exact) mass is 494 g/mol. The molecule has 0 atom stereocenters. The molecule has 0 saturated carbocycles. The molecule has 0 unspecified atom stereocenters. The van der Waals surface area contributed by atoms with Crippen molar-refractivity contribution in [3.8, 4) is 0 Å². The Kier molecular flexibility index (Phi) is 6.42. The predicted molar refractivity (Wildman–Crippen MR) is 145 cm³/mol. The minimum atomic E-state index is -0.653. The van der Waals surface area contributed by atoms with Gasteiger partial charge in [0.2, 0.25) is 0 Å². The molecule has 1 heterocycles. The van der Waals surface area contributed by atoms with Crippen LogP contribution in [0.3, 0.4) is 0 Å². The van der Waals surface area contributed by atoms with Gasteiger partial charge in [0.15, 0.2) is 5.96 Å². The molecule has 0 bridgehead atoms. The predicted octanol–water partition coefficient (Wildman–Crippen LogP) is 3.27. The minimum Gasteiger partial charge on any atom is -0.370 e. The van der Waals surface area contributed by atoms with Crippen LogP contribution in [-0.2, 0) is 0 Å². The van der Waals surface area contributed by atoms with E-state index in [4.69, 9.17) is 11.5 Å². The second kappa shape index (κ2) is 9.98. The number of hydrogen-bond acceptors (Lipinski definition) is 3. The highest BCUT2D eigenvalue weighted by Gasteiger charge is 2.15. The Balaban J connectivity index is 1.14. The van der Waals surface area contributed by atoms with Gasteiger partial charge < -0.3 is 27.1 Å². The van der Waals surface area contributed by atoms with E-state index in [1.165, 1.54) is 17.5 Å². The number of carbonyl (C=O) groups excluding carboxylic acids is 3. The van der Waals surface area contributed by atoms with Crippen molar-refractivity contribution in [1.82, 2.24) is 15.6 Å². The highest BCUT2D eigenvalue weighted by atomic mass is 16.2. The number of unbranched alkanes of at least 4 members (excludes halogenated alkanes) is 1. The van der Waals surface area contributed by atoms with E-state index >= 15 is 0 Å². The summed E-state index contributed by atoms with van der Waals surface area (Å²) < 4.78 is 0. The van der Waals surface area contributed by atoms with Crippen molar-refractivity contribution >= 4 is 56.0 Å². The standard InChI is InChI=1S/C28H26N6O3/c29-28(30)34-27(37)22-13-12-21(33-22)26(36)32-15-2-1-14-31-25(35)20-11-9-18-7-6-16-4-3-5-17-8-10-19(20)24(18)23(16)17/h3-13,33H,1-2,14-15H2,(H,31,35)(H,32,36)(H4,29,30,34,37). The molecule has 5 rings (SSSR count). The first-order valence-corrected chi connectivity index (χ1v) is 12.0. The maximum absolute atomic E-state index is 13.0. The van der Waals surface area contributed by atoms with E-state index in [1.807, 2.05) is 24.3 Å². The van der Waals surface area contributed by atoms with Crippen molar-refractivity contribution in [2.45, 2.75) is 12.8 Å². The molecule has 1 aromatic heterocycles. The fourth-order valence-electron chi connectivity index (χ4n) is 4.61. The summed E-state index contributed by atoms with van der Waals surface area (Å²) in [5.41, 5.74) is 11.4. The van der Waals surface area contributed by atoms with Gasteiger partial charge in [0.1, 0.15) is 11.4 Å². The molecule has 4 aromatic carbocycles. The highest BCUT2D eigenvalue weighted by Crippen LogP contribution is 2.35. The van der Waals surface area contributed by atoms with E-state index in [9.17, 15) is 14.4 Å². The minimum absolute atomic E-state index is 0.119. The molecule has 37 heavy (non-hydrogen) atoms. The normalized spacial score (nSPS) is 11.1. The lowest BCUT2D eigenvalue weighted by Gasteiger charge is -2.14. The lowest BCUT2D eigenvalue weighted by molar-refractivity contribution is 0.0937. The summed E-state index contributed by atoms with van der Waals surface area (Å²) in [6.07, 6.45) is 1.36. The Labute approximate surface area is 212 Å². The van der Waals surface area contributed by atoms with Gasteiger partial charge in [0, 0.05) is 18.7 Å². The quantitative estimate of drug-likeness (QED) is 0.0969. The number of carbonyl (C=O) groups is 3. The Hall–Kier alpha value is -4.92. The first-order valence-electron chi connectivity index (χ1n) is 12.0. The summed E-state index contributed by atoms with van der Waals surface area (Å²) in [7, 11) is 0. The Morgan fingerprint density at radius 3 is 2.00 bits per heavy atom. The summed E-state index contributed by atoms with van der Waals surface area (Å²) in [6.45, 7) is 0.903. The van der Waals surface area contributed by atoms with Gasteiger partial charge in [-0.1, -0.05) is 48.5 Å². The average Bonchev–Trinajstić information content (AvgIpc) is 3.39. The molecule has 0 radical (unpaired) electrons. The fraction of sp³-hybridized carbons (Fsp3) is 0.143. The van der Waals surface area contributed by atoms with Crippen LogP contribution in [0.4, 0.5) is 0 Å². The molecule has 0 aliphatic rings. The summed E-state index contributed by atoms with van der Waals surface area (Å²) >= 11 is 0. The number of benzene rings is 4. The molecule has 0 fully saturated rings. The van der Waals surface area contributed by atoms with Crippen LogP contribution in [0.2, 0.25) is 0 Å². The number of nitrogens with zero attached hydrogens (tertiary/aromatic N) is 1. The van der Waals surface area contributed by atoms with Gasteiger partial charge in [0.25, 0.3) is 17.7 Å². The highest BCUT2D eigenvalue weighted by molar-refractivity contribution is 6.26. The third-order valence-corrected chi connectivity index (χ3v) is 6.34. The van der Waals surface area contributed by atoms with Gasteiger partial charge in [-0.2, -0.15) is 4.99 Å². The molecule has 0 saturated heterocycles. The first-order chi connectivity index (χ1) is 17.9. The molecule has 3 amide bonds. The molecule has 0 aliphatic carbocycles. The van der Waals surface area contributed by atoms with E-state index in [-0.39, 0.29) is 29.2 Å². The number of aromatic amines is 1. The lowest BCUT2D eigenvalue weighted by Crippen LogP contribution is -2.27. The molecule has 9 nitrogen and oxygen atoms in total. The average molecular weight is 495 g/mol.